The maximum absolute atomic E-state index is 13.0. The molecule has 1 aliphatic rings. The molecule has 3 aromatic rings. The lowest BCUT2D eigenvalue weighted by Crippen LogP contribution is -2.36. The molecule has 0 N–H and O–H groups in total. The van der Waals surface area contributed by atoms with Crippen molar-refractivity contribution in [2.24, 2.45) is 5.92 Å². The Labute approximate surface area is 164 Å². The summed E-state index contributed by atoms with van der Waals surface area (Å²) in [7, 11) is 0. The smallest absolute Gasteiger partial charge is 0.255 e. The number of para-hydroxylation sites is 1. The highest BCUT2D eigenvalue weighted by Gasteiger charge is 2.27. The first-order valence-electron chi connectivity index (χ1n) is 9.54. The summed E-state index contributed by atoms with van der Waals surface area (Å²) in [5.41, 5.74) is 2.77. The standard InChI is InChI=1S/C22H23N5O/c28-22(19-5-4-8-23-14-19)27-12-11-26(21-6-2-1-3-7-21)16-18(17-27)13-20-15-24-9-10-25-20/h1-10,14-15,18H,11-13,16-17H2/t18-/m0/s1. The Morgan fingerprint density at radius 1 is 0.929 bits per heavy atom. The number of benzene rings is 1. The van der Waals surface area contributed by atoms with Crippen LogP contribution in [0.5, 0.6) is 0 Å². The second-order valence-electron chi connectivity index (χ2n) is 7.04. The van der Waals surface area contributed by atoms with Crippen molar-refractivity contribution in [1.29, 1.82) is 0 Å². The number of anilines is 1. The Morgan fingerprint density at radius 2 is 1.79 bits per heavy atom. The Hall–Kier alpha value is -3.28. The maximum atomic E-state index is 13.0. The van der Waals surface area contributed by atoms with Crippen LogP contribution in [0.2, 0.25) is 0 Å². The minimum Gasteiger partial charge on any atom is -0.369 e. The van der Waals surface area contributed by atoms with Gasteiger partial charge in [0.15, 0.2) is 0 Å². The Bertz CT molecular complexity index is 889. The van der Waals surface area contributed by atoms with E-state index in [1.807, 2.05) is 23.2 Å². The molecule has 1 amide bonds. The van der Waals surface area contributed by atoms with E-state index in [-0.39, 0.29) is 11.8 Å². The van der Waals surface area contributed by atoms with E-state index in [0.717, 1.165) is 25.2 Å². The summed E-state index contributed by atoms with van der Waals surface area (Å²) in [6.45, 7) is 3.04. The summed E-state index contributed by atoms with van der Waals surface area (Å²) in [6, 6.07) is 14.0. The first-order valence-corrected chi connectivity index (χ1v) is 9.54. The van der Waals surface area contributed by atoms with Crippen molar-refractivity contribution >= 4 is 11.6 Å². The van der Waals surface area contributed by atoms with Crippen LogP contribution in [0.15, 0.2) is 73.4 Å². The molecule has 6 heteroatoms. The average molecular weight is 373 g/mol. The third-order valence-corrected chi connectivity index (χ3v) is 5.03. The van der Waals surface area contributed by atoms with Crippen LogP contribution in [0.25, 0.3) is 0 Å². The van der Waals surface area contributed by atoms with Gasteiger partial charge in [-0.3, -0.25) is 19.7 Å². The summed E-state index contributed by atoms with van der Waals surface area (Å²) in [4.78, 5) is 30.1. The number of aromatic nitrogens is 3. The second-order valence-corrected chi connectivity index (χ2v) is 7.04. The molecule has 1 aliphatic heterocycles. The second kappa shape index (κ2) is 8.61. The first kappa shape index (κ1) is 18.1. The summed E-state index contributed by atoms with van der Waals surface area (Å²) >= 11 is 0. The molecule has 0 unspecified atom stereocenters. The molecule has 0 aliphatic carbocycles. The maximum Gasteiger partial charge on any atom is 0.255 e. The van der Waals surface area contributed by atoms with Gasteiger partial charge in [-0.15, -0.1) is 0 Å². The fourth-order valence-electron chi connectivity index (χ4n) is 3.69. The van der Waals surface area contributed by atoms with Crippen LogP contribution in [0, 0.1) is 5.92 Å². The quantitative estimate of drug-likeness (QED) is 0.704. The van der Waals surface area contributed by atoms with Crippen LogP contribution in [-0.2, 0) is 6.42 Å². The minimum atomic E-state index is 0.0344. The lowest BCUT2D eigenvalue weighted by Gasteiger charge is -2.25. The van der Waals surface area contributed by atoms with Gasteiger partial charge < -0.3 is 9.80 Å². The summed E-state index contributed by atoms with van der Waals surface area (Å²) in [5, 5.41) is 0. The number of amides is 1. The lowest BCUT2D eigenvalue weighted by molar-refractivity contribution is 0.0747. The molecule has 0 spiro atoms. The molecule has 28 heavy (non-hydrogen) atoms. The number of pyridine rings is 1. The highest BCUT2D eigenvalue weighted by molar-refractivity contribution is 5.94. The predicted octanol–water partition coefficient (Wildman–Crippen LogP) is 2.69. The van der Waals surface area contributed by atoms with Gasteiger partial charge in [0.1, 0.15) is 0 Å². The molecule has 3 heterocycles. The Kier molecular flexibility index (Phi) is 5.56. The fraction of sp³-hybridized carbons (Fsp3) is 0.273. The van der Waals surface area contributed by atoms with E-state index < -0.39 is 0 Å². The van der Waals surface area contributed by atoms with E-state index in [1.54, 1.807) is 30.9 Å². The van der Waals surface area contributed by atoms with Gasteiger partial charge in [-0.25, -0.2) is 0 Å². The van der Waals surface area contributed by atoms with Gasteiger partial charge in [0.25, 0.3) is 5.91 Å². The molecule has 142 valence electrons. The minimum absolute atomic E-state index is 0.0344. The number of hydrogen-bond donors (Lipinski definition) is 0. The zero-order valence-electron chi connectivity index (χ0n) is 15.7. The van der Waals surface area contributed by atoms with Crippen molar-refractivity contribution in [3.63, 3.8) is 0 Å². The monoisotopic (exact) mass is 373 g/mol. The fourth-order valence-corrected chi connectivity index (χ4v) is 3.69. The van der Waals surface area contributed by atoms with Crippen molar-refractivity contribution in [3.05, 3.63) is 84.7 Å². The highest BCUT2D eigenvalue weighted by Crippen LogP contribution is 2.21. The van der Waals surface area contributed by atoms with Gasteiger partial charge in [-0.05, 0) is 36.6 Å². The van der Waals surface area contributed by atoms with E-state index in [9.17, 15) is 4.79 Å². The third kappa shape index (κ3) is 4.34. The van der Waals surface area contributed by atoms with Crippen molar-refractivity contribution in [2.45, 2.75) is 6.42 Å². The molecule has 0 bridgehead atoms. The SMILES string of the molecule is O=C(c1cccnc1)N1CCN(c2ccccc2)C[C@H](Cc2cnccn2)C1. The van der Waals surface area contributed by atoms with E-state index in [1.165, 1.54) is 5.69 Å². The van der Waals surface area contributed by atoms with Gasteiger partial charge in [0.05, 0.1) is 11.3 Å². The van der Waals surface area contributed by atoms with Gasteiger partial charge in [-0.2, -0.15) is 0 Å². The van der Waals surface area contributed by atoms with Crippen LogP contribution >= 0.6 is 0 Å². The molecule has 2 aromatic heterocycles. The lowest BCUT2D eigenvalue weighted by atomic mass is 10.0. The number of carbonyl (C=O) groups excluding carboxylic acids is 1. The normalized spacial score (nSPS) is 17.2. The Balaban J connectivity index is 1.57. The highest BCUT2D eigenvalue weighted by atomic mass is 16.2. The zero-order chi connectivity index (χ0) is 19.2. The molecule has 1 aromatic carbocycles. The molecule has 6 nitrogen and oxygen atoms in total. The van der Waals surface area contributed by atoms with Crippen molar-refractivity contribution in [3.8, 4) is 0 Å². The molecule has 4 rings (SSSR count). The summed E-state index contributed by atoms with van der Waals surface area (Å²) in [6.07, 6.45) is 9.33. The summed E-state index contributed by atoms with van der Waals surface area (Å²) < 4.78 is 0. The van der Waals surface area contributed by atoms with Crippen LogP contribution in [-0.4, -0.2) is 51.9 Å². The van der Waals surface area contributed by atoms with Crippen LogP contribution in [0.1, 0.15) is 16.1 Å². The molecule has 0 saturated carbocycles. The average Bonchev–Trinajstić information content (AvgIpc) is 2.98. The molecular formula is C22H23N5O. The number of rotatable bonds is 4. The third-order valence-electron chi connectivity index (χ3n) is 5.03. The molecular weight excluding hydrogens is 350 g/mol. The zero-order valence-corrected chi connectivity index (χ0v) is 15.7. The van der Waals surface area contributed by atoms with Crippen LogP contribution < -0.4 is 4.90 Å². The van der Waals surface area contributed by atoms with Crippen molar-refractivity contribution in [2.75, 3.05) is 31.1 Å². The van der Waals surface area contributed by atoms with Gasteiger partial charge >= 0.3 is 0 Å². The molecule has 1 saturated heterocycles. The van der Waals surface area contributed by atoms with E-state index in [2.05, 4.69) is 44.1 Å². The molecule has 1 fully saturated rings. The largest absolute Gasteiger partial charge is 0.369 e. The van der Waals surface area contributed by atoms with Crippen LogP contribution in [0.3, 0.4) is 0 Å². The molecule has 0 radical (unpaired) electrons. The summed E-state index contributed by atoms with van der Waals surface area (Å²) in [5.74, 6) is 0.298. The topological polar surface area (TPSA) is 62.2 Å². The van der Waals surface area contributed by atoms with Crippen molar-refractivity contribution < 1.29 is 4.79 Å². The van der Waals surface area contributed by atoms with Gasteiger partial charge in [0.2, 0.25) is 0 Å². The van der Waals surface area contributed by atoms with Gasteiger partial charge in [0, 0.05) is 62.9 Å². The predicted molar refractivity (Wildman–Crippen MR) is 108 cm³/mol. The number of nitrogens with zero attached hydrogens (tertiary/aromatic N) is 5. The van der Waals surface area contributed by atoms with E-state index >= 15 is 0 Å². The van der Waals surface area contributed by atoms with Crippen LogP contribution in [0.4, 0.5) is 5.69 Å². The number of carbonyl (C=O) groups is 1. The first-order chi connectivity index (χ1) is 13.8. The van der Waals surface area contributed by atoms with E-state index in [4.69, 9.17) is 0 Å². The van der Waals surface area contributed by atoms with Gasteiger partial charge in [-0.1, -0.05) is 18.2 Å². The molecule has 1 atom stereocenters. The Morgan fingerprint density at radius 3 is 2.54 bits per heavy atom. The van der Waals surface area contributed by atoms with Crippen molar-refractivity contribution in [1.82, 2.24) is 19.9 Å². The van der Waals surface area contributed by atoms with E-state index in [0.29, 0.717) is 18.7 Å². The number of hydrogen-bond acceptors (Lipinski definition) is 5.